The van der Waals surface area contributed by atoms with Gasteiger partial charge in [0.25, 0.3) is 0 Å². The molecule has 21 heavy (non-hydrogen) atoms. The molecular weight excluding hydrogens is 282 g/mol. The van der Waals surface area contributed by atoms with Gasteiger partial charge >= 0.3 is 0 Å². The van der Waals surface area contributed by atoms with E-state index in [0.29, 0.717) is 6.54 Å². The van der Waals surface area contributed by atoms with Crippen LogP contribution in [0.15, 0.2) is 60.7 Å². The molecule has 1 aliphatic rings. The number of hydrogen-bond donors (Lipinski definition) is 1. The monoisotopic (exact) mass is 301 g/mol. The Labute approximate surface area is 125 Å². The van der Waals surface area contributed by atoms with Crippen molar-refractivity contribution in [3.8, 4) is 0 Å². The smallest absolute Gasteiger partial charge is 0.163 e. The molecule has 2 aromatic carbocycles. The summed E-state index contributed by atoms with van der Waals surface area (Å²) in [5.41, 5.74) is 1.87. The maximum absolute atomic E-state index is 12.9. The van der Waals surface area contributed by atoms with Crippen LogP contribution in [0.1, 0.15) is 29.3 Å². The molecule has 0 amide bonds. The molecule has 1 fully saturated rings. The summed E-state index contributed by atoms with van der Waals surface area (Å²) in [4.78, 5) is 0. The second-order valence-electron chi connectivity index (χ2n) is 5.53. The van der Waals surface area contributed by atoms with Gasteiger partial charge in [-0.15, -0.1) is 0 Å². The van der Waals surface area contributed by atoms with Gasteiger partial charge in [0, 0.05) is 6.54 Å². The number of rotatable bonds is 2. The summed E-state index contributed by atoms with van der Waals surface area (Å²) in [6.45, 7) is 2.27. The first kappa shape index (κ1) is 14.3. The molecule has 0 radical (unpaired) electrons. The van der Waals surface area contributed by atoms with Gasteiger partial charge in [-0.1, -0.05) is 60.7 Å². The molecule has 1 saturated heterocycles. The van der Waals surface area contributed by atoms with Crippen molar-refractivity contribution in [2.45, 2.75) is 23.5 Å². The zero-order chi connectivity index (χ0) is 14.9. The molecule has 110 valence electrons. The summed E-state index contributed by atoms with van der Waals surface area (Å²) in [6.07, 6.45) is 0. The molecule has 0 spiro atoms. The number of hydrogen-bond acceptors (Lipinski definition) is 3. The van der Waals surface area contributed by atoms with E-state index in [1.165, 1.54) is 0 Å². The number of sulfone groups is 1. The summed E-state index contributed by atoms with van der Waals surface area (Å²) in [6, 6.07) is 19.1. The first-order valence-electron chi connectivity index (χ1n) is 7.16. The fourth-order valence-electron chi connectivity index (χ4n) is 2.93. The maximum Gasteiger partial charge on any atom is 0.163 e. The Hall–Kier alpha value is -1.65. The molecule has 1 N–H and O–H groups in total. The molecule has 0 aliphatic carbocycles. The minimum absolute atomic E-state index is 0.199. The maximum atomic E-state index is 12.9. The standard InChI is InChI=1S/C17H19NO2S/c1-13-12-18-16(14-8-4-2-5-9-14)17(21(13,19)20)15-10-6-3-7-11-15/h2-11,13,16-18H,12H2,1H3. The third kappa shape index (κ3) is 2.61. The quantitative estimate of drug-likeness (QED) is 0.928. The van der Waals surface area contributed by atoms with Gasteiger partial charge in [0.2, 0.25) is 0 Å². The predicted octanol–water partition coefficient (Wildman–Crippen LogP) is 2.88. The van der Waals surface area contributed by atoms with Crippen LogP contribution in [0.4, 0.5) is 0 Å². The van der Waals surface area contributed by atoms with E-state index in [-0.39, 0.29) is 11.3 Å². The van der Waals surface area contributed by atoms with E-state index in [4.69, 9.17) is 0 Å². The van der Waals surface area contributed by atoms with Gasteiger partial charge in [-0.25, -0.2) is 8.42 Å². The van der Waals surface area contributed by atoms with Crippen LogP contribution in [0.25, 0.3) is 0 Å². The van der Waals surface area contributed by atoms with E-state index in [9.17, 15) is 8.42 Å². The Morgan fingerprint density at radius 2 is 1.43 bits per heavy atom. The highest BCUT2D eigenvalue weighted by atomic mass is 32.2. The lowest BCUT2D eigenvalue weighted by atomic mass is 9.97. The van der Waals surface area contributed by atoms with Crippen LogP contribution >= 0.6 is 0 Å². The lowest BCUT2D eigenvalue weighted by molar-refractivity contribution is 0.452. The van der Waals surface area contributed by atoms with Crippen LogP contribution in [0.3, 0.4) is 0 Å². The van der Waals surface area contributed by atoms with Crippen molar-refractivity contribution >= 4 is 9.84 Å². The third-order valence-electron chi connectivity index (χ3n) is 4.13. The Bertz CT molecular complexity index is 698. The van der Waals surface area contributed by atoms with E-state index in [0.717, 1.165) is 11.1 Å². The summed E-state index contributed by atoms with van der Waals surface area (Å²) >= 11 is 0. The van der Waals surface area contributed by atoms with Crippen molar-refractivity contribution in [1.82, 2.24) is 5.32 Å². The van der Waals surface area contributed by atoms with Crippen molar-refractivity contribution < 1.29 is 8.42 Å². The van der Waals surface area contributed by atoms with Gasteiger partial charge in [0.15, 0.2) is 9.84 Å². The fraction of sp³-hybridized carbons (Fsp3) is 0.294. The van der Waals surface area contributed by atoms with Crippen LogP contribution in [0.5, 0.6) is 0 Å². The van der Waals surface area contributed by atoms with Crippen LogP contribution < -0.4 is 5.32 Å². The molecule has 0 bridgehead atoms. The molecule has 1 heterocycles. The molecule has 4 heteroatoms. The second kappa shape index (κ2) is 5.62. The summed E-state index contributed by atoms with van der Waals surface area (Å²) in [5, 5.41) is 2.50. The topological polar surface area (TPSA) is 46.2 Å². The minimum atomic E-state index is -3.22. The average molecular weight is 301 g/mol. The largest absolute Gasteiger partial charge is 0.307 e. The highest BCUT2D eigenvalue weighted by Gasteiger charge is 2.42. The van der Waals surface area contributed by atoms with Crippen molar-refractivity contribution in [3.63, 3.8) is 0 Å². The Balaban J connectivity index is 2.11. The SMILES string of the molecule is CC1CNC(c2ccccc2)C(c2ccccc2)S1(=O)=O. The zero-order valence-corrected chi connectivity index (χ0v) is 12.8. The molecule has 0 saturated carbocycles. The molecule has 0 aromatic heterocycles. The van der Waals surface area contributed by atoms with Gasteiger partial charge < -0.3 is 5.32 Å². The van der Waals surface area contributed by atoms with Crippen LogP contribution in [0, 0.1) is 0 Å². The van der Waals surface area contributed by atoms with E-state index in [1.807, 2.05) is 60.7 Å². The van der Waals surface area contributed by atoms with Gasteiger partial charge in [-0.3, -0.25) is 0 Å². The molecular formula is C17H19NO2S. The predicted molar refractivity (Wildman–Crippen MR) is 84.8 cm³/mol. The van der Waals surface area contributed by atoms with Gasteiger partial charge in [-0.2, -0.15) is 0 Å². The van der Waals surface area contributed by atoms with Crippen molar-refractivity contribution in [1.29, 1.82) is 0 Å². The van der Waals surface area contributed by atoms with E-state index in [2.05, 4.69) is 5.32 Å². The van der Waals surface area contributed by atoms with Crippen LogP contribution in [-0.4, -0.2) is 20.2 Å². The summed E-state index contributed by atoms with van der Waals surface area (Å²) in [5.74, 6) is 0. The molecule has 2 aromatic rings. The number of nitrogens with one attached hydrogen (secondary N) is 1. The summed E-state index contributed by atoms with van der Waals surface area (Å²) in [7, 11) is -3.22. The van der Waals surface area contributed by atoms with E-state index < -0.39 is 15.1 Å². The highest BCUT2D eigenvalue weighted by molar-refractivity contribution is 7.92. The van der Waals surface area contributed by atoms with Crippen molar-refractivity contribution in [2.24, 2.45) is 0 Å². The molecule has 3 nitrogen and oxygen atoms in total. The summed E-state index contributed by atoms with van der Waals surface area (Å²) < 4.78 is 25.7. The van der Waals surface area contributed by atoms with E-state index >= 15 is 0 Å². The Kier molecular flexibility index (Phi) is 3.83. The van der Waals surface area contributed by atoms with Crippen LogP contribution in [-0.2, 0) is 9.84 Å². The molecule has 3 atom stereocenters. The molecule has 3 rings (SSSR count). The van der Waals surface area contributed by atoms with Crippen LogP contribution in [0.2, 0.25) is 0 Å². The zero-order valence-electron chi connectivity index (χ0n) is 11.9. The molecule has 3 unspecified atom stereocenters. The van der Waals surface area contributed by atoms with Gasteiger partial charge in [-0.05, 0) is 18.1 Å². The Morgan fingerprint density at radius 1 is 0.905 bits per heavy atom. The fourth-order valence-corrected chi connectivity index (χ4v) is 4.93. The average Bonchev–Trinajstić information content (AvgIpc) is 2.51. The normalized spacial score (nSPS) is 28.1. The highest BCUT2D eigenvalue weighted by Crippen LogP contribution is 2.40. The lowest BCUT2D eigenvalue weighted by Gasteiger charge is -2.36. The lowest BCUT2D eigenvalue weighted by Crippen LogP contribution is -2.46. The molecule has 1 aliphatic heterocycles. The van der Waals surface area contributed by atoms with E-state index in [1.54, 1.807) is 6.92 Å². The van der Waals surface area contributed by atoms with Gasteiger partial charge in [0.1, 0.15) is 5.25 Å². The minimum Gasteiger partial charge on any atom is -0.307 e. The number of benzene rings is 2. The van der Waals surface area contributed by atoms with Crippen molar-refractivity contribution in [2.75, 3.05) is 6.54 Å². The first-order chi connectivity index (χ1) is 10.1. The van der Waals surface area contributed by atoms with Crippen molar-refractivity contribution in [3.05, 3.63) is 71.8 Å². The first-order valence-corrected chi connectivity index (χ1v) is 8.77. The van der Waals surface area contributed by atoms with Gasteiger partial charge in [0.05, 0.1) is 11.3 Å². The second-order valence-corrected chi connectivity index (χ2v) is 8.02. The third-order valence-corrected chi connectivity index (χ3v) is 6.67. The Morgan fingerprint density at radius 3 is 2.00 bits per heavy atom.